The molecule has 1 aliphatic heterocycles. The number of aromatic nitrogens is 5. The zero-order valence-corrected chi connectivity index (χ0v) is 20.5. The third-order valence-corrected chi connectivity index (χ3v) is 7.86. The van der Waals surface area contributed by atoms with Crippen molar-refractivity contribution in [3.05, 3.63) is 40.3 Å². The van der Waals surface area contributed by atoms with E-state index in [1.54, 1.807) is 40.9 Å². The Labute approximate surface area is 188 Å². The van der Waals surface area contributed by atoms with Gasteiger partial charge < -0.3 is 4.57 Å². The molecule has 1 aliphatic rings. The van der Waals surface area contributed by atoms with E-state index in [1.165, 1.54) is 4.31 Å². The molecule has 0 amide bonds. The first-order chi connectivity index (χ1) is 14.9. The summed E-state index contributed by atoms with van der Waals surface area (Å²) in [6.45, 7) is 9.50. The summed E-state index contributed by atoms with van der Waals surface area (Å²) in [5.74, 6) is 0.624. The van der Waals surface area contributed by atoms with Crippen LogP contribution < -0.4 is 5.69 Å². The number of rotatable bonds is 4. The summed E-state index contributed by atoms with van der Waals surface area (Å²) in [5, 5.41) is 0.0863. The lowest BCUT2D eigenvalue weighted by molar-refractivity contribution is 0.312. The zero-order valence-electron chi connectivity index (χ0n) is 19.7. The predicted molar refractivity (Wildman–Crippen MR) is 123 cm³/mol. The molecule has 0 aromatic carbocycles. The number of hydrogen-bond acceptors (Lipinski definition) is 5. The van der Waals surface area contributed by atoms with E-state index in [9.17, 15) is 13.2 Å². The van der Waals surface area contributed by atoms with E-state index in [2.05, 4.69) is 25.8 Å². The van der Waals surface area contributed by atoms with Crippen LogP contribution in [-0.4, -0.2) is 49.5 Å². The molecule has 0 N–H and O–H groups in total. The molecule has 1 fully saturated rings. The summed E-state index contributed by atoms with van der Waals surface area (Å²) in [7, 11) is -0.139. The molecule has 3 aromatic heterocycles. The number of imidazole rings is 2. The molecule has 0 spiro atoms. The van der Waals surface area contributed by atoms with Crippen molar-refractivity contribution in [2.24, 2.45) is 19.5 Å². The summed E-state index contributed by atoms with van der Waals surface area (Å²) in [5.41, 5.74) is 2.13. The number of sulfonamides is 1. The molecule has 9 nitrogen and oxygen atoms in total. The Morgan fingerprint density at radius 2 is 1.88 bits per heavy atom. The fourth-order valence-corrected chi connectivity index (χ4v) is 5.88. The van der Waals surface area contributed by atoms with Crippen LogP contribution in [0.25, 0.3) is 11.2 Å². The lowest BCUT2D eigenvalue weighted by Gasteiger charge is -2.31. The highest BCUT2D eigenvalue weighted by atomic mass is 32.2. The van der Waals surface area contributed by atoms with E-state index >= 15 is 0 Å². The Bertz CT molecular complexity index is 1310. The van der Waals surface area contributed by atoms with Crippen molar-refractivity contribution in [1.82, 2.24) is 28.0 Å². The maximum absolute atomic E-state index is 13.2. The number of fused-ring (bicyclic) bond motifs is 1. The molecule has 10 heteroatoms. The molecule has 0 aliphatic carbocycles. The first kappa shape index (κ1) is 22.7. The summed E-state index contributed by atoms with van der Waals surface area (Å²) in [6.07, 6.45) is 3.16. The van der Waals surface area contributed by atoms with Crippen molar-refractivity contribution in [2.45, 2.75) is 58.0 Å². The fourth-order valence-electron chi connectivity index (χ4n) is 4.33. The molecule has 0 bridgehead atoms. The summed E-state index contributed by atoms with van der Waals surface area (Å²) < 4.78 is 32.9. The van der Waals surface area contributed by atoms with Crippen molar-refractivity contribution in [2.75, 3.05) is 13.1 Å². The number of pyridine rings is 1. The van der Waals surface area contributed by atoms with Crippen molar-refractivity contribution >= 4 is 21.2 Å². The van der Waals surface area contributed by atoms with Gasteiger partial charge in [0.1, 0.15) is 5.82 Å². The van der Waals surface area contributed by atoms with Crippen LogP contribution in [0.2, 0.25) is 0 Å². The molecule has 174 valence electrons. The molecule has 1 saturated heterocycles. The van der Waals surface area contributed by atoms with E-state index in [0.717, 1.165) is 24.1 Å². The highest BCUT2D eigenvalue weighted by molar-refractivity contribution is 7.89. The standard InChI is InChI=1S/C22H32N6O3S/c1-15-23-19(13-25(15)5)32(30,31)27-11-7-8-16(12-27)17-9-10-18-20(24-17)26(6)21(29)28(18)14-22(2,3)4/h9-10,13,16H,7-8,11-12,14H2,1-6H3. The summed E-state index contributed by atoms with van der Waals surface area (Å²) in [6, 6.07) is 3.88. The van der Waals surface area contributed by atoms with Crippen LogP contribution >= 0.6 is 0 Å². The summed E-state index contributed by atoms with van der Waals surface area (Å²) >= 11 is 0. The average Bonchev–Trinajstić information content (AvgIpc) is 3.19. The Morgan fingerprint density at radius 1 is 1.16 bits per heavy atom. The third kappa shape index (κ3) is 4.01. The van der Waals surface area contributed by atoms with Crippen LogP contribution in [-0.2, 0) is 30.7 Å². The second kappa shape index (κ2) is 7.84. The molecule has 32 heavy (non-hydrogen) atoms. The van der Waals surface area contributed by atoms with Crippen molar-refractivity contribution < 1.29 is 8.42 Å². The lowest BCUT2D eigenvalue weighted by atomic mass is 9.95. The van der Waals surface area contributed by atoms with Gasteiger partial charge in [0.2, 0.25) is 0 Å². The smallest absolute Gasteiger partial charge is 0.330 e. The lowest BCUT2D eigenvalue weighted by Crippen LogP contribution is -2.39. The van der Waals surface area contributed by atoms with Gasteiger partial charge in [-0.3, -0.25) is 9.13 Å². The van der Waals surface area contributed by atoms with Gasteiger partial charge in [0.15, 0.2) is 10.7 Å². The maximum atomic E-state index is 13.2. The second-order valence-corrected chi connectivity index (χ2v) is 11.9. The number of piperidine rings is 1. The van der Waals surface area contributed by atoms with Crippen LogP contribution in [0.15, 0.2) is 28.2 Å². The van der Waals surface area contributed by atoms with Crippen molar-refractivity contribution in [1.29, 1.82) is 0 Å². The highest BCUT2D eigenvalue weighted by Crippen LogP contribution is 2.30. The normalized spacial score (nSPS) is 18.5. The molecule has 4 rings (SSSR count). The van der Waals surface area contributed by atoms with Crippen molar-refractivity contribution in [3.63, 3.8) is 0 Å². The van der Waals surface area contributed by atoms with E-state index in [0.29, 0.717) is 31.1 Å². The van der Waals surface area contributed by atoms with Crippen molar-refractivity contribution in [3.8, 4) is 0 Å². The van der Waals surface area contributed by atoms with Gasteiger partial charge in [0.25, 0.3) is 10.0 Å². The highest BCUT2D eigenvalue weighted by Gasteiger charge is 2.33. The summed E-state index contributed by atoms with van der Waals surface area (Å²) in [4.78, 5) is 21.9. The number of nitrogens with zero attached hydrogens (tertiary/aromatic N) is 6. The van der Waals surface area contributed by atoms with E-state index in [4.69, 9.17) is 4.98 Å². The monoisotopic (exact) mass is 460 g/mol. The largest absolute Gasteiger partial charge is 0.337 e. The quantitative estimate of drug-likeness (QED) is 0.596. The van der Waals surface area contributed by atoms with Gasteiger partial charge in [-0.25, -0.2) is 23.2 Å². The van der Waals surface area contributed by atoms with Crippen LogP contribution in [0.1, 0.15) is 51.0 Å². The van der Waals surface area contributed by atoms with Crippen LogP contribution in [0.5, 0.6) is 0 Å². The number of hydrogen-bond donors (Lipinski definition) is 0. The zero-order chi connectivity index (χ0) is 23.4. The molecular formula is C22H32N6O3S. The van der Waals surface area contributed by atoms with Crippen LogP contribution in [0.3, 0.4) is 0 Å². The van der Waals surface area contributed by atoms with Crippen LogP contribution in [0.4, 0.5) is 0 Å². The Hall–Kier alpha value is -2.46. The topological polar surface area (TPSA) is 95.0 Å². The molecule has 1 atom stereocenters. The van der Waals surface area contributed by atoms with Gasteiger partial charge in [-0.05, 0) is 37.3 Å². The van der Waals surface area contributed by atoms with Gasteiger partial charge in [0.05, 0.1) is 5.52 Å². The van der Waals surface area contributed by atoms with Crippen LogP contribution in [0, 0.1) is 12.3 Å². The minimum absolute atomic E-state index is 0.0335. The van der Waals surface area contributed by atoms with Gasteiger partial charge in [-0.1, -0.05) is 20.8 Å². The minimum Gasteiger partial charge on any atom is -0.337 e. The van der Waals surface area contributed by atoms with E-state index in [-0.39, 0.29) is 22.0 Å². The van der Waals surface area contributed by atoms with Gasteiger partial charge in [-0.15, -0.1) is 0 Å². The maximum Gasteiger partial charge on any atom is 0.330 e. The number of aryl methyl sites for hydroxylation is 3. The first-order valence-corrected chi connectivity index (χ1v) is 12.4. The fraction of sp³-hybridized carbons (Fsp3) is 0.591. The molecule has 4 heterocycles. The van der Waals surface area contributed by atoms with E-state index in [1.807, 2.05) is 12.1 Å². The SMILES string of the molecule is Cc1nc(S(=O)(=O)N2CCCC(c3ccc4c(n3)n(C)c(=O)n4CC(C)(C)C)C2)cn1C. The Kier molecular flexibility index (Phi) is 5.57. The minimum atomic E-state index is -3.66. The molecule has 1 unspecified atom stereocenters. The predicted octanol–water partition coefficient (Wildman–Crippen LogP) is 2.39. The van der Waals surface area contributed by atoms with E-state index < -0.39 is 10.0 Å². The average molecular weight is 461 g/mol. The molecular weight excluding hydrogens is 428 g/mol. The Morgan fingerprint density at radius 3 is 2.50 bits per heavy atom. The molecule has 0 radical (unpaired) electrons. The Balaban J connectivity index is 1.66. The molecule has 0 saturated carbocycles. The van der Waals surface area contributed by atoms with Gasteiger partial charge in [0, 0.05) is 51.5 Å². The molecule has 3 aromatic rings. The third-order valence-electron chi connectivity index (χ3n) is 6.13. The second-order valence-electron chi connectivity index (χ2n) is 10.0. The van der Waals surface area contributed by atoms with Gasteiger partial charge >= 0.3 is 5.69 Å². The first-order valence-electron chi connectivity index (χ1n) is 10.9. The van der Waals surface area contributed by atoms with Gasteiger partial charge in [-0.2, -0.15) is 4.31 Å².